The van der Waals surface area contributed by atoms with E-state index in [9.17, 15) is 9.70 Å². The van der Waals surface area contributed by atoms with E-state index >= 15 is 0 Å². The molecule has 6 heteroatoms. The van der Waals surface area contributed by atoms with Crippen LogP contribution in [0.3, 0.4) is 0 Å². The average Bonchev–Trinajstić information content (AvgIpc) is 2.47. The minimum absolute atomic E-state index is 0.122. The second kappa shape index (κ2) is 3.17. The Hall–Kier alpha value is -1.64. The number of carbonyl (C=O) groups is 1. The second-order valence-electron chi connectivity index (χ2n) is 2.62. The Morgan fingerprint density at radius 3 is 2.75 bits per heavy atom. The molecule has 0 unspecified atom stereocenters. The molecule has 1 aliphatic heterocycles. The first-order valence-electron chi connectivity index (χ1n) is 3.41. The van der Waals surface area contributed by atoms with Crippen LogP contribution in [0.15, 0.2) is 5.29 Å². The van der Waals surface area contributed by atoms with Crippen molar-refractivity contribution in [3.63, 3.8) is 0 Å². The number of carboxylic acid groups (broad SMARTS) is 1. The molecule has 64 valence electrons. The van der Waals surface area contributed by atoms with Crippen molar-refractivity contribution in [2.45, 2.75) is 12.5 Å². The van der Waals surface area contributed by atoms with Crippen LogP contribution in [0, 0.1) is 22.2 Å². The summed E-state index contributed by atoms with van der Waals surface area (Å²) in [5, 5.41) is 20.5. The van der Waals surface area contributed by atoms with E-state index in [0.29, 0.717) is 0 Å². The maximum absolute atomic E-state index is 10.5. The van der Waals surface area contributed by atoms with E-state index in [2.05, 4.69) is 5.29 Å². The number of aliphatic carboxylic acids is 1. The van der Waals surface area contributed by atoms with Gasteiger partial charge in [-0.15, -0.1) is 4.91 Å². The molecule has 1 N–H and O–H groups in total. The molecule has 6 nitrogen and oxygen atoms in total. The molecule has 0 saturated carbocycles. The third-order valence-corrected chi connectivity index (χ3v) is 1.85. The fourth-order valence-electron chi connectivity index (χ4n) is 1.23. The molecule has 1 heterocycles. The number of hydrogen-bond acceptors (Lipinski definition) is 4. The van der Waals surface area contributed by atoms with E-state index in [0.717, 1.165) is 5.01 Å². The topological polar surface area (TPSA) is 93.8 Å². The fraction of sp³-hybridized carbons (Fsp3) is 0.667. The Kier molecular flexibility index (Phi) is 2.24. The zero-order valence-electron chi connectivity index (χ0n) is 6.17. The van der Waals surface area contributed by atoms with Crippen LogP contribution < -0.4 is 0 Å². The molecule has 0 aromatic heterocycles. The van der Waals surface area contributed by atoms with Gasteiger partial charge in [-0.05, 0) is 6.42 Å². The third-order valence-electron chi connectivity index (χ3n) is 1.85. The van der Waals surface area contributed by atoms with Crippen LogP contribution in [0.5, 0.6) is 0 Å². The van der Waals surface area contributed by atoms with Gasteiger partial charge in [-0.1, -0.05) is 0 Å². The van der Waals surface area contributed by atoms with Gasteiger partial charge < -0.3 is 5.11 Å². The predicted molar refractivity (Wildman–Crippen MR) is 37.6 cm³/mol. The van der Waals surface area contributed by atoms with Gasteiger partial charge in [0.15, 0.2) is 0 Å². The summed E-state index contributed by atoms with van der Waals surface area (Å²) in [5.41, 5.74) is 0. The summed E-state index contributed by atoms with van der Waals surface area (Å²) in [6.07, 6.45) is 0.178. The van der Waals surface area contributed by atoms with Gasteiger partial charge in [-0.3, -0.25) is 0 Å². The molecular formula is C6H7N3O3. The minimum Gasteiger partial charge on any atom is -0.480 e. The van der Waals surface area contributed by atoms with Crippen molar-refractivity contribution in [1.82, 2.24) is 5.01 Å². The van der Waals surface area contributed by atoms with Crippen molar-refractivity contribution in [1.29, 1.82) is 5.26 Å². The molecule has 0 bridgehead atoms. The Bertz CT molecular complexity index is 247. The highest BCUT2D eigenvalue weighted by molar-refractivity contribution is 5.73. The Balaban J connectivity index is 2.70. The van der Waals surface area contributed by atoms with Crippen LogP contribution in [0.25, 0.3) is 0 Å². The maximum Gasteiger partial charge on any atom is 0.328 e. The van der Waals surface area contributed by atoms with Gasteiger partial charge in [0.05, 0.1) is 23.8 Å². The lowest BCUT2D eigenvalue weighted by atomic mass is 10.1. The number of hydrogen-bond donors (Lipinski definition) is 1. The van der Waals surface area contributed by atoms with E-state index in [-0.39, 0.29) is 13.0 Å². The Labute approximate surface area is 68.3 Å². The molecule has 1 fully saturated rings. The summed E-state index contributed by atoms with van der Waals surface area (Å²) >= 11 is 0. The first kappa shape index (κ1) is 8.46. The normalized spacial score (nSPS) is 28.1. The molecule has 1 rings (SSSR count). The first-order valence-corrected chi connectivity index (χ1v) is 3.41. The number of carboxylic acids is 1. The van der Waals surface area contributed by atoms with Crippen LogP contribution in [0.2, 0.25) is 0 Å². The monoisotopic (exact) mass is 169 g/mol. The van der Waals surface area contributed by atoms with Gasteiger partial charge in [-0.2, -0.15) is 5.26 Å². The Morgan fingerprint density at radius 1 is 1.75 bits per heavy atom. The summed E-state index contributed by atoms with van der Waals surface area (Å²) in [7, 11) is 0. The van der Waals surface area contributed by atoms with Crippen LogP contribution in [0.1, 0.15) is 6.42 Å². The summed E-state index contributed by atoms with van der Waals surface area (Å²) < 4.78 is 0. The van der Waals surface area contributed by atoms with Crippen LogP contribution >= 0.6 is 0 Å². The summed E-state index contributed by atoms with van der Waals surface area (Å²) in [4.78, 5) is 20.6. The largest absolute Gasteiger partial charge is 0.480 e. The van der Waals surface area contributed by atoms with E-state index in [4.69, 9.17) is 10.4 Å². The molecule has 12 heavy (non-hydrogen) atoms. The molecule has 0 amide bonds. The van der Waals surface area contributed by atoms with Gasteiger partial charge >= 0.3 is 5.97 Å². The summed E-state index contributed by atoms with van der Waals surface area (Å²) in [6, 6.07) is 0.985. The van der Waals surface area contributed by atoms with E-state index in [1.807, 2.05) is 6.07 Å². The quantitative estimate of drug-likeness (QED) is 0.585. The first-order chi connectivity index (χ1) is 5.69. The van der Waals surface area contributed by atoms with Gasteiger partial charge in [-0.25, -0.2) is 9.80 Å². The average molecular weight is 169 g/mol. The van der Waals surface area contributed by atoms with Crippen LogP contribution in [-0.4, -0.2) is 28.7 Å². The van der Waals surface area contributed by atoms with Gasteiger partial charge in [0.2, 0.25) is 0 Å². The summed E-state index contributed by atoms with van der Waals surface area (Å²) in [6.45, 7) is 0.122. The molecule has 2 atom stereocenters. The SMILES string of the molecule is N#C[C@@H]1C[C@@H](C(=O)O)N(N=O)C1. The molecule has 1 aliphatic rings. The number of rotatable bonds is 2. The van der Waals surface area contributed by atoms with Crippen LogP contribution in [-0.2, 0) is 4.79 Å². The highest BCUT2D eigenvalue weighted by Crippen LogP contribution is 2.22. The van der Waals surface area contributed by atoms with Crippen molar-refractivity contribution in [2.75, 3.05) is 6.54 Å². The zero-order chi connectivity index (χ0) is 9.14. The molecule has 0 spiro atoms. The predicted octanol–water partition coefficient (Wildman–Crippen LogP) is -0.0335. The molecule has 0 radical (unpaired) electrons. The highest BCUT2D eigenvalue weighted by Gasteiger charge is 2.37. The fourth-order valence-corrected chi connectivity index (χ4v) is 1.23. The van der Waals surface area contributed by atoms with Crippen molar-refractivity contribution >= 4 is 5.97 Å². The van der Waals surface area contributed by atoms with E-state index in [1.54, 1.807) is 0 Å². The second-order valence-corrected chi connectivity index (χ2v) is 2.62. The minimum atomic E-state index is -1.10. The van der Waals surface area contributed by atoms with Crippen molar-refractivity contribution < 1.29 is 9.90 Å². The molecule has 0 aliphatic carbocycles. The lowest BCUT2D eigenvalue weighted by molar-refractivity contribution is -0.142. The highest BCUT2D eigenvalue weighted by atomic mass is 16.4. The summed E-state index contributed by atoms with van der Waals surface area (Å²) in [5.74, 6) is -1.50. The zero-order valence-corrected chi connectivity index (χ0v) is 6.17. The number of nitrogens with zero attached hydrogens (tertiary/aromatic N) is 3. The van der Waals surface area contributed by atoms with E-state index < -0.39 is 17.9 Å². The Morgan fingerprint density at radius 2 is 2.42 bits per heavy atom. The number of nitriles is 1. The molecular weight excluding hydrogens is 162 g/mol. The van der Waals surface area contributed by atoms with Gasteiger partial charge in [0.1, 0.15) is 6.04 Å². The maximum atomic E-state index is 10.5. The van der Waals surface area contributed by atoms with Crippen molar-refractivity contribution in [3.05, 3.63) is 4.91 Å². The lowest BCUT2D eigenvalue weighted by Crippen LogP contribution is -2.31. The molecule has 0 aromatic carbocycles. The lowest BCUT2D eigenvalue weighted by Gasteiger charge is -2.11. The van der Waals surface area contributed by atoms with Crippen molar-refractivity contribution in [3.8, 4) is 6.07 Å². The van der Waals surface area contributed by atoms with E-state index in [1.165, 1.54) is 0 Å². The van der Waals surface area contributed by atoms with Gasteiger partial charge in [0.25, 0.3) is 0 Å². The van der Waals surface area contributed by atoms with Gasteiger partial charge in [0, 0.05) is 0 Å². The molecule has 1 saturated heterocycles. The van der Waals surface area contributed by atoms with Crippen molar-refractivity contribution in [2.24, 2.45) is 11.2 Å². The smallest absolute Gasteiger partial charge is 0.328 e. The van der Waals surface area contributed by atoms with Crippen LogP contribution in [0.4, 0.5) is 0 Å². The number of nitroso groups, excluding NO2 is 1. The third kappa shape index (κ3) is 1.34. The molecule has 0 aromatic rings. The standard InChI is InChI=1S/C6H7N3O3/c7-2-4-1-5(6(10)11)9(3-4)8-12/h4-5H,1,3H2,(H,10,11)/t4-,5-/m0/s1.